The molecule has 0 fully saturated rings. The number of thiophene rings is 1. The normalized spacial score (nSPS) is 11.3. The average Bonchev–Trinajstić information content (AvgIpc) is 3.01. The van der Waals surface area contributed by atoms with E-state index in [0.29, 0.717) is 6.42 Å². The lowest BCUT2D eigenvalue weighted by Crippen LogP contribution is -2.37. The van der Waals surface area contributed by atoms with Crippen molar-refractivity contribution in [3.63, 3.8) is 0 Å². The van der Waals surface area contributed by atoms with Crippen LogP contribution >= 0.6 is 11.3 Å². The van der Waals surface area contributed by atoms with Gasteiger partial charge in [-0.15, -0.1) is 11.3 Å². The zero-order chi connectivity index (χ0) is 16.2. The van der Waals surface area contributed by atoms with E-state index < -0.39 is 0 Å². The van der Waals surface area contributed by atoms with Crippen molar-refractivity contribution in [2.75, 3.05) is 20.7 Å². The molecule has 0 saturated heterocycles. The number of guanidine groups is 1. The standard InChI is InChI=1S/C16H27N3O2S/c1-4-13-9-10-14(22-13)12-19-16(17-2)18-11-7-5-6-8-15(20)21-3/h9-10H,4-8,11-12H2,1-3H3,(H2,17,18,19). The van der Waals surface area contributed by atoms with E-state index in [0.717, 1.165) is 44.7 Å². The quantitative estimate of drug-likeness (QED) is 0.317. The van der Waals surface area contributed by atoms with Gasteiger partial charge in [-0.3, -0.25) is 9.79 Å². The first-order chi connectivity index (χ1) is 10.7. The third kappa shape index (κ3) is 7.45. The summed E-state index contributed by atoms with van der Waals surface area (Å²) in [6.45, 7) is 3.82. The molecule has 0 amide bonds. The van der Waals surface area contributed by atoms with Gasteiger partial charge in [-0.2, -0.15) is 0 Å². The minimum atomic E-state index is -0.132. The summed E-state index contributed by atoms with van der Waals surface area (Å²) in [6.07, 6.45) is 4.47. The monoisotopic (exact) mass is 325 g/mol. The molecule has 0 aromatic carbocycles. The maximum atomic E-state index is 11.0. The molecule has 0 spiro atoms. The molecule has 0 saturated carbocycles. The predicted molar refractivity (Wildman–Crippen MR) is 92.4 cm³/mol. The van der Waals surface area contributed by atoms with Gasteiger partial charge in [-0.1, -0.05) is 13.3 Å². The summed E-state index contributed by atoms with van der Waals surface area (Å²) in [7, 11) is 3.20. The highest BCUT2D eigenvalue weighted by Crippen LogP contribution is 2.16. The van der Waals surface area contributed by atoms with E-state index in [2.05, 4.69) is 39.4 Å². The van der Waals surface area contributed by atoms with Crippen LogP contribution in [0.1, 0.15) is 42.4 Å². The molecule has 124 valence electrons. The van der Waals surface area contributed by atoms with Crippen LogP contribution in [0.15, 0.2) is 17.1 Å². The van der Waals surface area contributed by atoms with Gasteiger partial charge in [0.25, 0.3) is 0 Å². The third-order valence-corrected chi connectivity index (χ3v) is 4.53. The topological polar surface area (TPSA) is 62.7 Å². The number of rotatable bonds is 9. The van der Waals surface area contributed by atoms with Crippen LogP contribution < -0.4 is 10.6 Å². The van der Waals surface area contributed by atoms with Crippen molar-refractivity contribution in [1.82, 2.24) is 10.6 Å². The maximum Gasteiger partial charge on any atom is 0.305 e. The molecule has 0 aliphatic carbocycles. The predicted octanol–water partition coefficient (Wildman–Crippen LogP) is 2.71. The van der Waals surface area contributed by atoms with E-state index in [9.17, 15) is 4.79 Å². The third-order valence-electron chi connectivity index (χ3n) is 3.30. The molecule has 0 aliphatic rings. The number of esters is 1. The average molecular weight is 325 g/mol. The van der Waals surface area contributed by atoms with Crippen molar-refractivity contribution < 1.29 is 9.53 Å². The Morgan fingerprint density at radius 3 is 2.64 bits per heavy atom. The molecule has 1 aromatic heterocycles. The van der Waals surface area contributed by atoms with Crippen LogP contribution in [0, 0.1) is 0 Å². The molecule has 0 unspecified atom stereocenters. The largest absolute Gasteiger partial charge is 0.469 e. The Balaban J connectivity index is 2.13. The lowest BCUT2D eigenvalue weighted by Gasteiger charge is -2.11. The lowest BCUT2D eigenvalue weighted by molar-refractivity contribution is -0.140. The molecule has 0 aliphatic heterocycles. The zero-order valence-electron chi connectivity index (χ0n) is 13.8. The van der Waals surface area contributed by atoms with Gasteiger partial charge in [-0.25, -0.2) is 0 Å². The molecule has 6 heteroatoms. The Labute approximate surface area is 137 Å². The number of nitrogens with zero attached hydrogens (tertiary/aromatic N) is 1. The Morgan fingerprint density at radius 1 is 1.23 bits per heavy atom. The van der Waals surface area contributed by atoms with Crippen molar-refractivity contribution >= 4 is 23.3 Å². The van der Waals surface area contributed by atoms with E-state index in [1.807, 2.05) is 11.3 Å². The van der Waals surface area contributed by atoms with E-state index in [1.165, 1.54) is 16.9 Å². The van der Waals surface area contributed by atoms with Gasteiger partial charge in [-0.05, 0) is 31.4 Å². The molecule has 5 nitrogen and oxygen atoms in total. The summed E-state index contributed by atoms with van der Waals surface area (Å²) < 4.78 is 4.61. The summed E-state index contributed by atoms with van der Waals surface area (Å²) in [4.78, 5) is 17.9. The molecule has 22 heavy (non-hydrogen) atoms. The first-order valence-electron chi connectivity index (χ1n) is 7.78. The number of methoxy groups -OCH3 is 1. The van der Waals surface area contributed by atoms with Gasteiger partial charge in [0.15, 0.2) is 5.96 Å². The van der Waals surface area contributed by atoms with Gasteiger partial charge in [0.1, 0.15) is 0 Å². The minimum Gasteiger partial charge on any atom is -0.469 e. The van der Waals surface area contributed by atoms with Gasteiger partial charge < -0.3 is 15.4 Å². The maximum absolute atomic E-state index is 11.0. The van der Waals surface area contributed by atoms with Crippen molar-refractivity contribution in [1.29, 1.82) is 0 Å². The van der Waals surface area contributed by atoms with Crippen LogP contribution in [-0.4, -0.2) is 32.6 Å². The van der Waals surface area contributed by atoms with Crippen LogP contribution in [0.5, 0.6) is 0 Å². The number of hydrogen-bond acceptors (Lipinski definition) is 4. The van der Waals surface area contributed by atoms with Crippen LogP contribution in [0.25, 0.3) is 0 Å². The first-order valence-corrected chi connectivity index (χ1v) is 8.60. The molecule has 0 atom stereocenters. The zero-order valence-corrected chi connectivity index (χ0v) is 14.6. The Morgan fingerprint density at radius 2 is 2.00 bits per heavy atom. The molecule has 1 heterocycles. The SMILES string of the molecule is CCc1ccc(CNC(=NC)NCCCCCC(=O)OC)s1. The van der Waals surface area contributed by atoms with Gasteiger partial charge in [0.2, 0.25) is 0 Å². The van der Waals surface area contributed by atoms with E-state index in [1.54, 1.807) is 7.05 Å². The fourth-order valence-corrected chi connectivity index (χ4v) is 2.88. The molecule has 2 N–H and O–H groups in total. The first kappa shape index (κ1) is 18.5. The van der Waals surface area contributed by atoms with Gasteiger partial charge >= 0.3 is 5.97 Å². The summed E-state index contributed by atoms with van der Waals surface area (Å²) in [6, 6.07) is 4.34. The highest BCUT2D eigenvalue weighted by molar-refractivity contribution is 7.11. The van der Waals surface area contributed by atoms with E-state index in [-0.39, 0.29) is 5.97 Å². The van der Waals surface area contributed by atoms with Crippen molar-refractivity contribution in [3.8, 4) is 0 Å². The van der Waals surface area contributed by atoms with E-state index in [4.69, 9.17) is 0 Å². The second kappa shape index (κ2) is 11.1. The lowest BCUT2D eigenvalue weighted by atomic mass is 10.2. The van der Waals surface area contributed by atoms with Crippen molar-refractivity contribution in [2.24, 2.45) is 4.99 Å². The highest BCUT2D eigenvalue weighted by Gasteiger charge is 2.02. The van der Waals surface area contributed by atoms with Gasteiger partial charge in [0, 0.05) is 29.8 Å². The molecule has 0 radical (unpaired) electrons. The Bertz CT molecular complexity index is 472. The highest BCUT2D eigenvalue weighted by atomic mass is 32.1. The smallest absolute Gasteiger partial charge is 0.305 e. The van der Waals surface area contributed by atoms with Crippen LogP contribution in [-0.2, 0) is 22.5 Å². The molecular weight excluding hydrogens is 298 g/mol. The molecule has 0 bridgehead atoms. The molecule has 1 rings (SSSR count). The number of hydrogen-bond donors (Lipinski definition) is 2. The second-order valence-electron chi connectivity index (χ2n) is 4.96. The van der Waals surface area contributed by atoms with Crippen LogP contribution in [0.4, 0.5) is 0 Å². The summed E-state index contributed by atoms with van der Waals surface area (Å²) >= 11 is 1.84. The fraction of sp³-hybridized carbons (Fsp3) is 0.625. The number of aryl methyl sites for hydroxylation is 1. The van der Waals surface area contributed by atoms with E-state index >= 15 is 0 Å². The Hall–Kier alpha value is -1.56. The fourth-order valence-electron chi connectivity index (χ4n) is 1.98. The molecule has 1 aromatic rings. The molecular formula is C16H27N3O2S. The number of carbonyl (C=O) groups is 1. The summed E-state index contributed by atoms with van der Waals surface area (Å²) in [5.74, 6) is 0.687. The summed E-state index contributed by atoms with van der Waals surface area (Å²) in [5.41, 5.74) is 0. The number of carbonyl (C=O) groups excluding carboxylic acids is 1. The van der Waals surface area contributed by atoms with Crippen molar-refractivity contribution in [3.05, 3.63) is 21.9 Å². The minimum absolute atomic E-state index is 0.132. The summed E-state index contributed by atoms with van der Waals surface area (Å²) in [5, 5.41) is 6.61. The number of unbranched alkanes of at least 4 members (excludes halogenated alkanes) is 2. The van der Waals surface area contributed by atoms with Crippen LogP contribution in [0.3, 0.4) is 0 Å². The second-order valence-corrected chi connectivity index (χ2v) is 6.21. The number of aliphatic imine (C=N–C) groups is 1. The number of nitrogens with one attached hydrogen (secondary N) is 2. The Kier molecular flexibility index (Phi) is 9.30. The van der Waals surface area contributed by atoms with Crippen LogP contribution in [0.2, 0.25) is 0 Å². The van der Waals surface area contributed by atoms with Gasteiger partial charge in [0.05, 0.1) is 13.7 Å². The van der Waals surface area contributed by atoms with Crippen molar-refractivity contribution in [2.45, 2.75) is 45.6 Å². The number of ether oxygens (including phenoxy) is 1.